The maximum absolute atomic E-state index is 13.9. The quantitative estimate of drug-likeness (QED) is 0.396. The maximum Gasteiger partial charge on any atom is 0.355 e. The fourth-order valence-electron chi connectivity index (χ4n) is 3.93. The van der Waals surface area contributed by atoms with Gasteiger partial charge in [0.05, 0.1) is 19.7 Å². The zero-order valence-corrected chi connectivity index (χ0v) is 18.6. The fraction of sp³-hybridized carbons (Fsp3) is 0.167. The molecule has 0 radical (unpaired) electrons. The highest BCUT2D eigenvalue weighted by molar-refractivity contribution is 5.58. The Hall–Kier alpha value is -4.61. The summed E-state index contributed by atoms with van der Waals surface area (Å²) in [5, 5.41) is 2.90. The molecular weight excluding hydrogens is 479 g/mol. The van der Waals surface area contributed by atoms with Crippen LogP contribution in [0.5, 0.6) is 5.75 Å². The van der Waals surface area contributed by atoms with Gasteiger partial charge < -0.3 is 15.0 Å². The molecule has 0 saturated heterocycles. The predicted molar refractivity (Wildman–Crippen MR) is 123 cm³/mol. The van der Waals surface area contributed by atoms with Crippen molar-refractivity contribution in [1.29, 1.82) is 0 Å². The zero-order chi connectivity index (χ0) is 25.4. The number of H-pyrrole nitrogens is 1. The monoisotopic (exact) mass is 497 g/mol. The molecule has 3 heterocycles. The number of hydrogen-bond donors (Lipinski definition) is 2. The smallest absolute Gasteiger partial charge is 0.355 e. The van der Waals surface area contributed by atoms with E-state index in [4.69, 9.17) is 4.74 Å². The average Bonchev–Trinajstić information content (AvgIpc) is 3.31. The summed E-state index contributed by atoms with van der Waals surface area (Å²) in [6.45, 7) is -0.302. The standard InChI is InChI=1S/C24H18F3N5O4/c25-17-8-13(9-18(26)20(17)27)11-31-22(29-16-3-4-19-14(10-16)5-7-36-19)30-23(34)32(24(31)35)12-15-2-1-6-28-21(15)33/h1-4,6,8-10H,5,7,11-12H2,(H,28,33)(H,29,30,34). The van der Waals surface area contributed by atoms with Crippen LogP contribution in [0.2, 0.25) is 0 Å². The highest BCUT2D eigenvalue weighted by atomic mass is 19.2. The van der Waals surface area contributed by atoms with Crippen molar-refractivity contribution in [2.24, 2.45) is 0 Å². The molecule has 0 aliphatic carbocycles. The Bertz CT molecular complexity index is 1640. The molecule has 0 unspecified atom stereocenters. The van der Waals surface area contributed by atoms with Crippen LogP contribution in [0.1, 0.15) is 16.7 Å². The molecule has 5 rings (SSSR count). The first kappa shape index (κ1) is 23.1. The summed E-state index contributed by atoms with van der Waals surface area (Å²) < 4.78 is 48.4. The number of halogens is 3. The molecule has 2 aromatic carbocycles. The first-order chi connectivity index (χ1) is 17.3. The normalized spacial score (nSPS) is 12.3. The number of fused-ring (bicyclic) bond motifs is 1. The van der Waals surface area contributed by atoms with E-state index in [0.717, 1.165) is 26.8 Å². The Morgan fingerprint density at radius 1 is 1.00 bits per heavy atom. The van der Waals surface area contributed by atoms with E-state index in [2.05, 4.69) is 15.3 Å². The van der Waals surface area contributed by atoms with Crippen molar-refractivity contribution in [3.63, 3.8) is 0 Å². The number of rotatable bonds is 6. The third-order valence-corrected chi connectivity index (χ3v) is 5.71. The van der Waals surface area contributed by atoms with E-state index in [1.807, 2.05) is 0 Å². The summed E-state index contributed by atoms with van der Waals surface area (Å²) in [6, 6.07) is 9.63. The van der Waals surface area contributed by atoms with Gasteiger partial charge in [-0.05, 0) is 47.5 Å². The van der Waals surface area contributed by atoms with Crippen molar-refractivity contribution in [2.75, 3.05) is 11.9 Å². The van der Waals surface area contributed by atoms with Crippen molar-refractivity contribution >= 4 is 11.6 Å². The molecule has 1 aliphatic heterocycles. The van der Waals surface area contributed by atoms with E-state index >= 15 is 0 Å². The van der Waals surface area contributed by atoms with Crippen LogP contribution in [0.3, 0.4) is 0 Å². The molecule has 184 valence electrons. The zero-order valence-electron chi connectivity index (χ0n) is 18.6. The summed E-state index contributed by atoms with van der Waals surface area (Å²) in [5.41, 5.74) is -0.883. The number of hydrogen-bond acceptors (Lipinski definition) is 6. The van der Waals surface area contributed by atoms with E-state index in [1.54, 1.807) is 18.2 Å². The Morgan fingerprint density at radius 2 is 1.78 bits per heavy atom. The summed E-state index contributed by atoms with van der Waals surface area (Å²) in [6.07, 6.45) is 2.07. The number of ether oxygens (including phenoxy) is 1. The van der Waals surface area contributed by atoms with Crippen molar-refractivity contribution in [3.8, 4) is 5.75 Å². The van der Waals surface area contributed by atoms with E-state index in [9.17, 15) is 27.6 Å². The molecule has 36 heavy (non-hydrogen) atoms. The molecule has 9 nitrogen and oxygen atoms in total. The van der Waals surface area contributed by atoms with E-state index in [-0.39, 0.29) is 23.6 Å². The summed E-state index contributed by atoms with van der Waals surface area (Å²) >= 11 is 0. The van der Waals surface area contributed by atoms with Crippen LogP contribution in [0.25, 0.3) is 0 Å². The highest BCUT2D eigenvalue weighted by Crippen LogP contribution is 2.29. The number of pyridine rings is 1. The van der Waals surface area contributed by atoms with Gasteiger partial charge in [0, 0.05) is 23.9 Å². The van der Waals surface area contributed by atoms with Gasteiger partial charge in [-0.25, -0.2) is 27.3 Å². The van der Waals surface area contributed by atoms with E-state index in [0.29, 0.717) is 24.5 Å². The van der Waals surface area contributed by atoms with Crippen LogP contribution in [0, 0.1) is 17.5 Å². The Balaban J connectivity index is 1.61. The number of aromatic nitrogens is 4. The first-order valence-corrected chi connectivity index (χ1v) is 10.8. The minimum atomic E-state index is -1.64. The van der Waals surface area contributed by atoms with Gasteiger partial charge in [0.15, 0.2) is 17.5 Å². The van der Waals surface area contributed by atoms with Crippen LogP contribution in [-0.4, -0.2) is 25.7 Å². The lowest BCUT2D eigenvalue weighted by Gasteiger charge is -2.16. The molecule has 4 aromatic rings. The minimum Gasteiger partial charge on any atom is -0.493 e. The van der Waals surface area contributed by atoms with Crippen molar-refractivity contribution in [3.05, 3.63) is 114 Å². The van der Waals surface area contributed by atoms with Crippen LogP contribution >= 0.6 is 0 Å². The van der Waals surface area contributed by atoms with Gasteiger partial charge in [0.1, 0.15) is 5.75 Å². The maximum atomic E-state index is 13.9. The molecule has 2 N–H and O–H groups in total. The molecule has 0 fully saturated rings. The van der Waals surface area contributed by atoms with E-state index < -0.39 is 40.9 Å². The molecule has 0 atom stereocenters. The molecule has 0 saturated carbocycles. The van der Waals surface area contributed by atoms with Crippen LogP contribution in [-0.2, 0) is 19.5 Å². The van der Waals surface area contributed by atoms with Crippen LogP contribution in [0.4, 0.5) is 24.8 Å². The minimum absolute atomic E-state index is 0.0801. The lowest BCUT2D eigenvalue weighted by Crippen LogP contribution is -2.43. The third kappa shape index (κ3) is 4.40. The Labute approximate surface area is 200 Å². The van der Waals surface area contributed by atoms with Gasteiger partial charge in [-0.3, -0.25) is 9.36 Å². The van der Waals surface area contributed by atoms with Crippen molar-refractivity contribution < 1.29 is 17.9 Å². The SMILES string of the molecule is O=c1[nH]cccc1Cn1c(=O)nc(Nc2ccc3c(c2)CCO3)n(Cc2cc(F)c(F)c(F)c2)c1=O. The van der Waals surface area contributed by atoms with E-state index in [1.165, 1.54) is 18.3 Å². The number of anilines is 2. The number of aromatic amines is 1. The van der Waals surface area contributed by atoms with Gasteiger partial charge in [-0.1, -0.05) is 6.07 Å². The van der Waals surface area contributed by atoms with Gasteiger partial charge in [-0.2, -0.15) is 4.98 Å². The summed E-state index contributed by atoms with van der Waals surface area (Å²) in [4.78, 5) is 44.7. The van der Waals surface area contributed by atoms with Crippen LogP contribution < -0.4 is 27.0 Å². The summed E-state index contributed by atoms with van der Waals surface area (Å²) in [7, 11) is 0. The second-order valence-electron chi connectivity index (χ2n) is 8.12. The fourth-order valence-corrected chi connectivity index (χ4v) is 3.93. The first-order valence-electron chi connectivity index (χ1n) is 10.8. The van der Waals surface area contributed by atoms with Crippen molar-refractivity contribution in [2.45, 2.75) is 19.5 Å². The summed E-state index contributed by atoms with van der Waals surface area (Å²) in [5.74, 6) is -3.98. The Kier molecular flexibility index (Phi) is 5.92. The lowest BCUT2D eigenvalue weighted by atomic mass is 10.1. The largest absolute Gasteiger partial charge is 0.493 e. The molecular formula is C24H18F3N5O4. The van der Waals surface area contributed by atoms with Crippen LogP contribution in [0.15, 0.2) is 63.0 Å². The molecule has 0 bridgehead atoms. The van der Waals surface area contributed by atoms with Gasteiger partial charge in [0.2, 0.25) is 5.95 Å². The number of benzene rings is 2. The second kappa shape index (κ2) is 9.21. The van der Waals surface area contributed by atoms with Gasteiger partial charge in [0.25, 0.3) is 5.56 Å². The number of nitrogens with one attached hydrogen (secondary N) is 2. The van der Waals surface area contributed by atoms with Gasteiger partial charge >= 0.3 is 11.4 Å². The lowest BCUT2D eigenvalue weighted by molar-refractivity contribution is 0.357. The Morgan fingerprint density at radius 3 is 2.53 bits per heavy atom. The highest BCUT2D eigenvalue weighted by Gasteiger charge is 2.19. The molecule has 2 aromatic heterocycles. The topological polar surface area (TPSA) is 111 Å². The van der Waals surface area contributed by atoms with Gasteiger partial charge in [-0.15, -0.1) is 0 Å². The average molecular weight is 497 g/mol. The third-order valence-electron chi connectivity index (χ3n) is 5.71. The predicted octanol–water partition coefficient (Wildman–Crippen LogP) is 2.29. The molecule has 0 spiro atoms. The van der Waals surface area contributed by atoms with Crippen molar-refractivity contribution in [1.82, 2.24) is 19.1 Å². The number of nitrogens with zero attached hydrogens (tertiary/aromatic N) is 3. The second-order valence-corrected chi connectivity index (χ2v) is 8.12. The molecule has 1 aliphatic rings. The molecule has 12 heteroatoms. The molecule has 0 amide bonds.